The molecule has 0 N–H and O–H groups in total. The van der Waals surface area contributed by atoms with Gasteiger partial charge in [0.05, 0.1) is 30.7 Å². The first-order chi connectivity index (χ1) is 17.3. The Balaban J connectivity index is 1.62. The fourth-order valence-electron chi connectivity index (χ4n) is 4.33. The monoisotopic (exact) mass is 517 g/mol. The van der Waals surface area contributed by atoms with E-state index in [1.807, 2.05) is 22.4 Å². The molecule has 3 heterocycles. The smallest absolute Gasteiger partial charge is 0.450 e. The highest BCUT2D eigenvalue weighted by Gasteiger charge is 2.40. The van der Waals surface area contributed by atoms with Gasteiger partial charge in [0.25, 0.3) is 0 Å². The summed E-state index contributed by atoms with van der Waals surface area (Å²) in [4.78, 5) is 16.7. The number of thiophene rings is 1. The molecule has 6 nitrogen and oxygen atoms in total. The SMILES string of the molecule is COc1ccc(-c2c(C(F)(F)F)oc3c4c(ccc3c2=O)OCN(CCc2cccs2)C4)cc1OC. The average Bonchev–Trinajstić information content (AvgIpc) is 3.40. The second-order valence-electron chi connectivity index (χ2n) is 8.28. The van der Waals surface area contributed by atoms with Crippen molar-refractivity contribution in [1.29, 1.82) is 0 Å². The van der Waals surface area contributed by atoms with Crippen LogP contribution in [0.3, 0.4) is 0 Å². The van der Waals surface area contributed by atoms with E-state index in [9.17, 15) is 18.0 Å². The van der Waals surface area contributed by atoms with Crippen molar-refractivity contribution in [2.45, 2.75) is 19.1 Å². The second kappa shape index (κ2) is 9.51. The molecule has 0 amide bonds. The molecule has 4 aromatic rings. The van der Waals surface area contributed by atoms with Gasteiger partial charge in [0.15, 0.2) is 11.5 Å². The molecule has 36 heavy (non-hydrogen) atoms. The molecule has 2 aromatic heterocycles. The minimum Gasteiger partial charge on any atom is -0.493 e. The van der Waals surface area contributed by atoms with Crippen LogP contribution in [-0.4, -0.2) is 32.4 Å². The van der Waals surface area contributed by atoms with E-state index >= 15 is 0 Å². The Hall–Kier alpha value is -3.50. The van der Waals surface area contributed by atoms with Crippen LogP contribution in [0.15, 0.2) is 57.1 Å². The molecular formula is C26H22F3NO5S. The van der Waals surface area contributed by atoms with Crippen LogP contribution in [0.1, 0.15) is 16.2 Å². The van der Waals surface area contributed by atoms with Crippen molar-refractivity contribution < 1.29 is 31.8 Å². The summed E-state index contributed by atoms with van der Waals surface area (Å²) < 4.78 is 64.4. The molecule has 5 rings (SSSR count). The summed E-state index contributed by atoms with van der Waals surface area (Å²) in [5.74, 6) is -0.432. The maximum atomic E-state index is 14.2. The lowest BCUT2D eigenvalue weighted by molar-refractivity contribution is -0.152. The molecule has 0 fully saturated rings. The number of hydrogen-bond donors (Lipinski definition) is 0. The van der Waals surface area contributed by atoms with Crippen molar-refractivity contribution in [3.63, 3.8) is 0 Å². The Morgan fingerprint density at radius 2 is 1.89 bits per heavy atom. The zero-order chi connectivity index (χ0) is 25.4. The van der Waals surface area contributed by atoms with E-state index < -0.39 is 22.9 Å². The molecule has 10 heteroatoms. The second-order valence-corrected chi connectivity index (χ2v) is 9.31. The lowest BCUT2D eigenvalue weighted by Crippen LogP contribution is -2.33. The van der Waals surface area contributed by atoms with Crippen LogP contribution in [0, 0.1) is 0 Å². The maximum absolute atomic E-state index is 14.2. The van der Waals surface area contributed by atoms with Crippen molar-refractivity contribution in [2.24, 2.45) is 0 Å². The predicted octanol–water partition coefficient (Wildman–Crippen LogP) is 5.95. The van der Waals surface area contributed by atoms with Gasteiger partial charge in [-0.25, -0.2) is 0 Å². The molecule has 0 unspecified atom stereocenters. The van der Waals surface area contributed by atoms with Gasteiger partial charge in [-0.2, -0.15) is 13.2 Å². The largest absolute Gasteiger partial charge is 0.493 e. The Morgan fingerprint density at radius 3 is 2.58 bits per heavy atom. The third-order valence-electron chi connectivity index (χ3n) is 6.09. The average molecular weight is 518 g/mol. The third kappa shape index (κ3) is 4.42. The summed E-state index contributed by atoms with van der Waals surface area (Å²) in [6, 6.07) is 11.2. The highest BCUT2D eigenvalue weighted by molar-refractivity contribution is 7.09. The fraction of sp³-hybridized carbons (Fsp3) is 0.269. The highest BCUT2D eigenvalue weighted by atomic mass is 32.1. The molecule has 0 saturated carbocycles. The summed E-state index contributed by atoms with van der Waals surface area (Å²) in [7, 11) is 2.78. The lowest BCUT2D eigenvalue weighted by Gasteiger charge is -2.29. The maximum Gasteiger partial charge on any atom is 0.450 e. The number of fused-ring (bicyclic) bond motifs is 3. The van der Waals surface area contributed by atoms with Gasteiger partial charge in [0.2, 0.25) is 11.2 Å². The summed E-state index contributed by atoms with van der Waals surface area (Å²) >= 11 is 1.64. The first-order valence-electron chi connectivity index (χ1n) is 11.1. The van der Waals surface area contributed by atoms with Gasteiger partial charge >= 0.3 is 6.18 Å². The summed E-state index contributed by atoms with van der Waals surface area (Å²) in [6.07, 6.45) is -4.13. The quantitative estimate of drug-likeness (QED) is 0.315. The lowest BCUT2D eigenvalue weighted by atomic mass is 9.99. The molecule has 1 aliphatic rings. The molecule has 0 spiro atoms. The Morgan fingerprint density at radius 1 is 1.08 bits per heavy atom. The molecule has 0 bridgehead atoms. The predicted molar refractivity (Wildman–Crippen MR) is 130 cm³/mol. The van der Waals surface area contributed by atoms with Crippen LogP contribution in [-0.2, 0) is 19.1 Å². The molecule has 0 aliphatic carbocycles. The van der Waals surface area contributed by atoms with Crippen LogP contribution < -0.4 is 19.6 Å². The Labute approximate surface area is 208 Å². The number of ether oxygens (including phenoxy) is 3. The molecule has 0 radical (unpaired) electrons. The van der Waals surface area contributed by atoms with Crippen molar-refractivity contribution in [1.82, 2.24) is 4.90 Å². The molecule has 1 aliphatic heterocycles. The minimum absolute atomic E-state index is 0.0159. The van der Waals surface area contributed by atoms with E-state index in [2.05, 4.69) is 0 Å². The van der Waals surface area contributed by atoms with E-state index in [0.717, 1.165) is 6.42 Å². The molecule has 188 valence electrons. The van der Waals surface area contributed by atoms with Gasteiger partial charge in [-0.3, -0.25) is 9.69 Å². The first-order valence-corrected chi connectivity index (χ1v) is 12.0. The summed E-state index contributed by atoms with van der Waals surface area (Å²) in [6.45, 7) is 1.24. The van der Waals surface area contributed by atoms with E-state index in [-0.39, 0.29) is 22.3 Å². The van der Waals surface area contributed by atoms with Gasteiger partial charge in [-0.1, -0.05) is 12.1 Å². The fourth-order valence-corrected chi connectivity index (χ4v) is 5.03. The van der Waals surface area contributed by atoms with Crippen LogP contribution in [0.25, 0.3) is 22.1 Å². The molecule has 2 aromatic carbocycles. The standard InChI is InChI=1S/C26H22F3NO5S/c1-32-20-7-5-15(12-21(20)33-2)22-23(31)17-6-8-19-18(24(17)35-25(22)26(27,28)29)13-30(14-34-19)10-9-16-4-3-11-36-16/h3-8,11-12H,9-10,13-14H2,1-2H3. The van der Waals surface area contributed by atoms with Crippen molar-refractivity contribution in [2.75, 3.05) is 27.5 Å². The van der Waals surface area contributed by atoms with Crippen LogP contribution in [0.4, 0.5) is 13.2 Å². The summed E-state index contributed by atoms with van der Waals surface area (Å²) in [5, 5.41) is 2.05. The van der Waals surface area contributed by atoms with E-state index in [1.54, 1.807) is 17.4 Å². The number of alkyl halides is 3. The zero-order valence-electron chi connectivity index (χ0n) is 19.5. The summed E-state index contributed by atoms with van der Waals surface area (Å²) in [5.41, 5.74) is -1.04. The Bertz CT molecular complexity index is 1460. The van der Waals surface area contributed by atoms with Gasteiger partial charge in [0.1, 0.15) is 18.1 Å². The normalized spacial score (nSPS) is 13.9. The molecule has 0 saturated heterocycles. The van der Waals surface area contributed by atoms with Crippen LogP contribution in [0.2, 0.25) is 0 Å². The van der Waals surface area contributed by atoms with Crippen molar-refractivity contribution in [3.05, 3.63) is 74.3 Å². The number of benzene rings is 2. The number of hydrogen-bond acceptors (Lipinski definition) is 7. The van der Waals surface area contributed by atoms with E-state index in [1.165, 1.54) is 43.4 Å². The van der Waals surface area contributed by atoms with Crippen LogP contribution in [0.5, 0.6) is 17.2 Å². The van der Waals surface area contributed by atoms with Gasteiger partial charge in [-0.15, -0.1) is 11.3 Å². The van der Waals surface area contributed by atoms with Crippen molar-refractivity contribution in [3.8, 4) is 28.4 Å². The number of rotatable bonds is 6. The Kier molecular flexibility index (Phi) is 6.40. The number of nitrogens with zero attached hydrogens (tertiary/aromatic N) is 1. The van der Waals surface area contributed by atoms with Gasteiger partial charge in [-0.05, 0) is 47.7 Å². The molecule has 0 atom stereocenters. The molecular weight excluding hydrogens is 495 g/mol. The first kappa shape index (κ1) is 24.2. The van der Waals surface area contributed by atoms with Gasteiger partial charge < -0.3 is 18.6 Å². The van der Waals surface area contributed by atoms with E-state index in [4.69, 9.17) is 18.6 Å². The van der Waals surface area contributed by atoms with E-state index in [0.29, 0.717) is 36.9 Å². The number of halogens is 3. The van der Waals surface area contributed by atoms with Crippen LogP contribution >= 0.6 is 11.3 Å². The van der Waals surface area contributed by atoms with Crippen molar-refractivity contribution >= 4 is 22.3 Å². The highest BCUT2D eigenvalue weighted by Crippen LogP contribution is 2.41. The zero-order valence-corrected chi connectivity index (χ0v) is 20.3. The number of methoxy groups -OCH3 is 2. The van der Waals surface area contributed by atoms with Gasteiger partial charge in [0, 0.05) is 18.0 Å². The topological polar surface area (TPSA) is 61.1 Å². The third-order valence-corrected chi connectivity index (χ3v) is 7.03. The minimum atomic E-state index is -4.91.